The lowest BCUT2D eigenvalue weighted by Gasteiger charge is -2.09. The minimum absolute atomic E-state index is 0.133. The number of nitrogens with one attached hydrogen (secondary N) is 1. The Morgan fingerprint density at radius 2 is 2.30 bits per heavy atom. The van der Waals surface area contributed by atoms with Crippen LogP contribution < -0.4 is 5.32 Å². The van der Waals surface area contributed by atoms with Gasteiger partial charge < -0.3 is 19.6 Å². The van der Waals surface area contributed by atoms with Gasteiger partial charge in [-0.1, -0.05) is 0 Å². The Hall–Kier alpha value is -1.96. The minimum Gasteiger partial charge on any atom is -0.480 e. The molecule has 1 unspecified atom stereocenters. The molecule has 20 heavy (non-hydrogen) atoms. The van der Waals surface area contributed by atoms with E-state index in [-0.39, 0.29) is 5.76 Å². The number of ether oxygens (including phenoxy) is 1. The molecule has 1 aromatic rings. The first kappa shape index (κ1) is 16.1. The molecule has 0 radical (unpaired) electrons. The fourth-order valence-corrected chi connectivity index (χ4v) is 2.30. The molecule has 1 aromatic heterocycles. The fourth-order valence-electron chi connectivity index (χ4n) is 1.40. The summed E-state index contributed by atoms with van der Waals surface area (Å²) in [5.41, 5.74) is 0. The van der Waals surface area contributed by atoms with Crippen LogP contribution in [0.4, 0.5) is 0 Å². The van der Waals surface area contributed by atoms with E-state index in [2.05, 4.69) is 10.1 Å². The van der Waals surface area contributed by atoms with Crippen molar-refractivity contribution in [2.75, 3.05) is 12.9 Å². The van der Waals surface area contributed by atoms with Crippen LogP contribution in [0.2, 0.25) is 0 Å². The van der Waals surface area contributed by atoms with Gasteiger partial charge in [0.05, 0.1) is 12.9 Å². The van der Waals surface area contributed by atoms with Gasteiger partial charge >= 0.3 is 11.9 Å². The summed E-state index contributed by atoms with van der Waals surface area (Å²) in [6, 6.07) is 2.30. The van der Waals surface area contributed by atoms with Crippen molar-refractivity contribution >= 4 is 30.1 Å². The summed E-state index contributed by atoms with van der Waals surface area (Å²) in [6.45, 7) is 0. The van der Waals surface area contributed by atoms with Crippen molar-refractivity contribution in [3.8, 4) is 0 Å². The summed E-state index contributed by atoms with van der Waals surface area (Å²) >= 11 is 1.45. The van der Waals surface area contributed by atoms with Gasteiger partial charge in [0, 0.05) is 0 Å². The Bertz CT molecular complexity index is 472. The Morgan fingerprint density at radius 3 is 2.90 bits per heavy atom. The number of carbonyl (C=O) groups excluding carboxylic acids is 2. The molecule has 0 saturated carbocycles. The minimum atomic E-state index is -1.07. The molecule has 7 nitrogen and oxygen atoms in total. The van der Waals surface area contributed by atoms with Crippen molar-refractivity contribution in [1.29, 1.82) is 0 Å². The van der Waals surface area contributed by atoms with Crippen LogP contribution in [0, 0.1) is 0 Å². The highest BCUT2D eigenvalue weighted by Crippen LogP contribution is 2.17. The van der Waals surface area contributed by atoms with Crippen LogP contribution in [0.3, 0.4) is 0 Å². The molecule has 1 heterocycles. The number of hydrogen-bond acceptors (Lipinski definition) is 6. The number of rotatable bonds is 9. The van der Waals surface area contributed by atoms with Gasteiger partial charge in [0.15, 0.2) is 0 Å². The summed E-state index contributed by atoms with van der Waals surface area (Å²) < 4.78 is 9.77. The third-order valence-corrected chi connectivity index (χ3v) is 3.42. The van der Waals surface area contributed by atoms with E-state index < -0.39 is 18.0 Å². The monoisotopic (exact) mass is 301 g/mol. The Balaban J connectivity index is 2.33. The standard InChI is InChI=1S/C12H15NO6S/c1-18-12(17)10-3-2-8(19-10)6-20-5-4-9(11(15)16)13-7-14/h2-3,7,9H,4-6H2,1H3,(H,13,14)(H,15,16). The van der Waals surface area contributed by atoms with Crippen LogP contribution in [-0.4, -0.2) is 42.4 Å². The van der Waals surface area contributed by atoms with Crippen molar-refractivity contribution in [2.45, 2.75) is 18.2 Å². The van der Waals surface area contributed by atoms with E-state index in [1.54, 1.807) is 6.07 Å². The molecule has 0 fully saturated rings. The number of carbonyl (C=O) groups is 3. The van der Waals surface area contributed by atoms with E-state index in [1.165, 1.54) is 24.9 Å². The van der Waals surface area contributed by atoms with E-state index in [0.717, 1.165) is 0 Å². The summed E-state index contributed by atoms with van der Waals surface area (Å²) in [5.74, 6) is 0.169. The molecule has 0 spiro atoms. The van der Waals surface area contributed by atoms with Crippen LogP contribution in [0.15, 0.2) is 16.5 Å². The number of hydrogen-bond donors (Lipinski definition) is 2. The molecule has 0 aliphatic carbocycles. The van der Waals surface area contributed by atoms with E-state index in [4.69, 9.17) is 9.52 Å². The van der Waals surface area contributed by atoms with Gasteiger partial charge in [-0.3, -0.25) is 4.79 Å². The molecule has 0 aromatic carbocycles. The maximum atomic E-state index is 11.2. The van der Waals surface area contributed by atoms with Crippen LogP contribution in [-0.2, 0) is 20.1 Å². The molecule has 0 saturated heterocycles. The summed E-state index contributed by atoms with van der Waals surface area (Å²) in [6.07, 6.45) is 0.682. The second-order valence-corrected chi connectivity index (χ2v) is 4.88. The number of carboxylic acid groups (broad SMARTS) is 1. The summed E-state index contributed by atoms with van der Waals surface area (Å²) in [4.78, 5) is 32.2. The molecule has 1 atom stereocenters. The number of methoxy groups -OCH3 is 1. The predicted molar refractivity (Wildman–Crippen MR) is 71.5 cm³/mol. The number of thioether (sulfide) groups is 1. The lowest BCUT2D eigenvalue weighted by Crippen LogP contribution is -2.36. The normalized spacial score (nSPS) is 11.7. The van der Waals surface area contributed by atoms with Gasteiger partial charge in [0.1, 0.15) is 11.8 Å². The zero-order valence-electron chi connectivity index (χ0n) is 10.8. The van der Waals surface area contributed by atoms with Gasteiger partial charge in [-0.15, -0.1) is 0 Å². The third-order valence-electron chi connectivity index (χ3n) is 2.41. The van der Waals surface area contributed by atoms with E-state index in [1.807, 2.05) is 0 Å². The molecule has 1 rings (SSSR count). The number of amides is 1. The zero-order chi connectivity index (χ0) is 15.0. The van der Waals surface area contributed by atoms with Crippen LogP contribution in [0.25, 0.3) is 0 Å². The molecule has 110 valence electrons. The fraction of sp³-hybridized carbons (Fsp3) is 0.417. The van der Waals surface area contributed by atoms with E-state index in [0.29, 0.717) is 30.1 Å². The van der Waals surface area contributed by atoms with Crippen LogP contribution >= 0.6 is 11.8 Å². The number of aliphatic carboxylic acids is 1. The predicted octanol–water partition coefficient (Wildman–Crippen LogP) is 0.889. The molecule has 0 bridgehead atoms. The number of esters is 1. The van der Waals surface area contributed by atoms with Gasteiger partial charge in [-0.05, 0) is 24.3 Å². The highest BCUT2D eigenvalue weighted by atomic mass is 32.2. The average Bonchev–Trinajstić information content (AvgIpc) is 2.90. The maximum Gasteiger partial charge on any atom is 0.373 e. The summed E-state index contributed by atoms with van der Waals surface area (Å²) in [5, 5.41) is 11.0. The van der Waals surface area contributed by atoms with Crippen molar-refractivity contribution in [1.82, 2.24) is 5.32 Å². The van der Waals surface area contributed by atoms with E-state index in [9.17, 15) is 14.4 Å². The molecular weight excluding hydrogens is 286 g/mol. The molecule has 1 amide bonds. The molecule has 0 aliphatic rings. The van der Waals surface area contributed by atoms with Crippen molar-refractivity contribution in [2.24, 2.45) is 0 Å². The van der Waals surface area contributed by atoms with Gasteiger partial charge in [0.25, 0.3) is 0 Å². The van der Waals surface area contributed by atoms with Gasteiger partial charge in [0.2, 0.25) is 12.2 Å². The maximum absolute atomic E-state index is 11.2. The first-order valence-electron chi connectivity index (χ1n) is 5.75. The molecule has 2 N–H and O–H groups in total. The Morgan fingerprint density at radius 1 is 1.55 bits per heavy atom. The van der Waals surface area contributed by atoms with E-state index >= 15 is 0 Å². The highest BCUT2D eigenvalue weighted by Gasteiger charge is 2.16. The Labute approximate surface area is 119 Å². The first-order valence-corrected chi connectivity index (χ1v) is 6.91. The van der Waals surface area contributed by atoms with Crippen molar-refractivity contribution in [3.05, 3.63) is 23.7 Å². The van der Waals surface area contributed by atoms with Gasteiger partial charge in [-0.25, -0.2) is 9.59 Å². The Kier molecular flexibility index (Phi) is 6.65. The second kappa shape index (κ2) is 8.26. The van der Waals surface area contributed by atoms with Gasteiger partial charge in [-0.2, -0.15) is 11.8 Å². The lowest BCUT2D eigenvalue weighted by atomic mass is 10.2. The second-order valence-electron chi connectivity index (χ2n) is 3.77. The lowest BCUT2D eigenvalue weighted by molar-refractivity contribution is -0.140. The van der Waals surface area contributed by atoms with Crippen molar-refractivity contribution in [3.63, 3.8) is 0 Å². The molecule has 0 aliphatic heterocycles. The quantitative estimate of drug-likeness (QED) is 0.396. The highest BCUT2D eigenvalue weighted by molar-refractivity contribution is 7.98. The zero-order valence-corrected chi connectivity index (χ0v) is 11.6. The smallest absolute Gasteiger partial charge is 0.373 e. The number of carboxylic acids is 1. The average molecular weight is 301 g/mol. The summed E-state index contributed by atoms with van der Waals surface area (Å²) in [7, 11) is 1.27. The molecular formula is C12H15NO6S. The SMILES string of the molecule is COC(=O)c1ccc(CSCCC(NC=O)C(=O)O)o1. The molecule has 8 heteroatoms. The first-order chi connectivity index (χ1) is 9.58. The van der Waals surface area contributed by atoms with Crippen LogP contribution in [0.1, 0.15) is 22.7 Å². The number of furan rings is 1. The van der Waals surface area contributed by atoms with Crippen molar-refractivity contribution < 1.29 is 28.6 Å². The third kappa shape index (κ3) is 4.96. The largest absolute Gasteiger partial charge is 0.480 e. The topological polar surface area (TPSA) is 106 Å². The van der Waals surface area contributed by atoms with Crippen LogP contribution in [0.5, 0.6) is 0 Å².